The molecule has 0 aliphatic carbocycles. The lowest BCUT2D eigenvalue weighted by Crippen LogP contribution is -2.21. The third kappa shape index (κ3) is 5.44. The van der Waals surface area contributed by atoms with Crippen LogP contribution < -0.4 is 10.1 Å². The Morgan fingerprint density at radius 2 is 1.96 bits per heavy atom. The Hall–Kier alpha value is -1.62. The Bertz CT molecular complexity index is 780. The maximum Gasteiger partial charge on any atom is 0.119 e. The van der Waals surface area contributed by atoms with Crippen molar-refractivity contribution in [2.75, 3.05) is 18.5 Å². The maximum atomic E-state index is 6.23. The Balaban J connectivity index is 1.63. The van der Waals surface area contributed by atoms with Gasteiger partial charge in [-0.2, -0.15) is 0 Å². The number of nitrogens with one attached hydrogen (secondary N) is 1. The normalized spacial score (nSPS) is 16.8. The van der Waals surface area contributed by atoms with E-state index in [1.54, 1.807) is 0 Å². The van der Waals surface area contributed by atoms with Crippen molar-refractivity contribution in [1.29, 1.82) is 0 Å². The van der Waals surface area contributed by atoms with Gasteiger partial charge < -0.3 is 14.8 Å². The summed E-state index contributed by atoms with van der Waals surface area (Å²) in [5, 5.41) is 3.91. The second kappa shape index (κ2) is 9.54. The lowest BCUT2D eigenvalue weighted by atomic mass is 10.0. The summed E-state index contributed by atoms with van der Waals surface area (Å²) in [6.07, 6.45) is 4.86. The van der Waals surface area contributed by atoms with Crippen LogP contribution in [0.4, 0.5) is 5.69 Å². The third-order valence-electron chi connectivity index (χ3n) is 4.84. The van der Waals surface area contributed by atoms with Crippen molar-refractivity contribution in [2.24, 2.45) is 0 Å². The number of halogens is 1. The fraction of sp³-hybridized carbons (Fsp3) is 0.409. The van der Waals surface area contributed by atoms with Gasteiger partial charge in [0.15, 0.2) is 0 Å². The monoisotopic (exact) mass is 403 g/mol. The first-order valence-corrected chi connectivity index (χ1v) is 10.2. The molecule has 2 aromatic carbocycles. The van der Waals surface area contributed by atoms with Gasteiger partial charge in [-0.05, 0) is 68.5 Å². The molecule has 2 aromatic rings. The molecule has 1 saturated heterocycles. The second-order valence-electron chi connectivity index (χ2n) is 6.99. The number of para-hydroxylation sites is 1. The van der Waals surface area contributed by atoms with E-state index < -0.39 is 0 Å². The summed E-state index contributed by atoms with van der Waals surface area (Å²) >= 11 is 11.9. The molecule has 1 aliphatic heterocycles. The number of hydrogen-bond acceptors (Lipinski definition) is 3. The number of benzene rings is 2. The highest BCUT2D eigenvalue weighted by atomic mass is 35.5. The standard InChI is InChI=1S/C22H26ClNO2S/c1-15-13-18(26-12-10-17-7-5-6-11-25-17)14-16(2)21(15)22(27)24-20-9-4-3-8-19(20)23/h3-4,8-9,13-14,17H,5-7,10-12H2,1-2H3,(H,24,27)/t17-/m1/s1. The van der Waals surface area contributed by atoms with Crippen molar-refractivity contribution in [3.8, 4) is 5.75 Å². The molecule has 0 amide bonds. The fourth-order valence-electron chi connectivity index (χ4n) is 3.46. The molecular formula is C22H26ClNO2S. The number of thiocarbonyl (C=S) groups is 1. The quantitative estimate of drug-likeness (QED) is 0.592. The van der Waals surface area contributed by atoms with E-state index in [0.717, 1.165) is 47.6 Å². The largest absolute Gasteiger partial charge is 0.493 e. The van der Waals surface area contributed by atoms with Crippen molar-refractivity contribution in [2.45, 2.75) is 45.6 Å². The zero-order valence-electron chi connectivity index (χ0n) is 15.9. The Morgan fingerprint density at radius 3 is 2.63 bits per heavy atom. The van der Waals surface area contributed by atoms with Gasteiger partial charge in [0.25, 0.3) is 0 Å². The molecule has 1 aliphatic rings. The van der Waals surface area contributed by atoms with Crippen molar-refractivity contribution < 1.29 is 9.47 Å². The third-order valence-corrected chi connectivity index (χ3v) is 5.47. The molecule has 0 aromatic heterocycles. The van der Waals surface area contributed by atoms with Crippen LogP contribution in [0.2, 0.25) is 5.02 Å². The molecule has 1 fully saturated rings. The summed E-state index contributed by atoms with van der Waals surface area (Å²) in [6.45, 7) is 5.67. The van der Waals surface area contributed by atoms with Gasteiger partial charge in [0.05, 0.1) is 23.4 Å². The van der Waals surface area contributed by atoms with Gasteiger partial charge in [-0.1, -0.05) is 36.0 Å². The van der Waals surface area contributed by atoms with Gasteiger partial charge >= 0.3 is 0 Å². The smallest absolute Gasteiger partial charge is 0.119 e. The average molecular weight is 404 g/mol. The predicted molar refractivity (Wildman–Crippen MR) is 116 cm³/mol. The Kier molecular flexibility index (Phi) is 7.11. The Labute approximate surface area is 172 Å². The second-order valence-corrected chi connectivity index (χ2v) is 7.81. The molecule has 144 valence electrons. The molecule has 0 spiro atoms. The molecule has 0 saturated carbocycles. The van der Waals surface area contributed by atoms with Crippen LogP contribution in [0.3, 0.4) is 0 Å². The zero-order chi connectivity index (χ0) is 19.2. The lowest BCUT2D eigenvalue weighted by Gasteiger charge is -2.22. The molecule has 5 heteroatoms. The first-order valence-electron chi connectivity index (χ1n) is 9.46. The average Bonchev–Trinajstić information content (AvgIpc) is 2.64. The molecule has 1 atom stereocenters. The van der Waals surface area contributed by atoms with E-state index in [-0.39, 0.29) is 0 Å². The van der Waals surface area contributed by atoms with Gasteiger partial charge in [0, 0.05) is 18.6 Å². The number of hydrogen-bond donors (Lipinski definition) is 1. The summed E-state index contributed by atoms with van der Waals surface area (Å²) < 4.78 is 11.7. The van der Waals surface area contributed by atoms with Crippen LogP contribution in [0.1, 0.15) is 42.4 Å². The summed E-state index contributed by atoms with van der Waals surface area (Å²) in [5.74, 6) is 0.880. The highest BCUT2D eigenvalue weighted by Gasteiger charge is 2.15. The first kappa shape index (κ1) is 20.1. The van der Waals surface area contributed by atoms with E-state index in [0.29, 0.717) is 22.7 Å². The van der Waals surface area contributed by atoms with Crippen LogP contribution in [-0.4, -0.2) is 24.3 Å². The molecular weight excluding hydrogens is 378 g/mol. The maximum absolute atomic E-state index is 6.23. The zero-order valence-corrected chi connectivity index (χ0v) is 17.5. The van der Waals surface area contributed by atoms with Crippen molar-refractivity contribution in [1.82, 2.24) is 0 Å². The molecule has 3 rings (SSSR count). The van der Waals surface area contributed by atoms with Crippen LogP contribution >= 0.6 is 23.8 Å². The number of anilines is 1. The van der Waals surface area contributed by atoms with Crippen molar-refractivity contribution >= 4 is 34.5 Å². The van der Waals surface area contributed by atoms with Crippen molar-refractivity contribution in [3.05, 3.63) is 58.1 Å². The molecule has 1 N–H and O–H groups in total. The summed E-state index contributed by atoms with van der Waals surface area (Å²) in [4.78, 5) is 0.667. The van der Waals surface area contributed by atoms with E-state index in [2.05, 4.69) is 19.2 Å². The summed E-state index contributed by atoms with van der Waals surface area (Å²) in [6, 6.07) is 11.7. The molecule has 1 heterocycles. The van der Waals surface area contributed by atoms with Crippen LogP contribution in [0, 0.1) is 13.8 Å². The van der Waals surface area contributed by atoms with Crippen LogP contribution in [0.5, 0.6) is 5.75 Å². The lowest BCUT2D eigenvalue weighted by molar-refractivity contribution is 0.00404. The summed E-state index contributed by atoms with van der Waals surface area (Å²) in [5.41, 5.74) is 4.01. The van der Waals surface area contributed by atoms with E-state index in [9.17, 15) is 0 Å². The van der Waals surface area contributed by atoms with E-state index in [1.165, 1.54) is 12.8 Å². The summed E-state index contributed by atoms with van der Waals surface area (Å²) in [7, 11) is 0. The van der Waals surface area contributed by atoms with E-state index in [1.807, 2.05) is 36.4 Å². The van der Waals surface area contributed by atoms with Crippen molar-refractivity contribution in [3.63, 3.8) is 0 Å². The number of aryl methyl sites for hydroxylation is 2. The van der Waals surface area contributed by atoms with Gasteiger partial charge in [-0.3, -0.25) is 0 Å². The van der Waals surface area contributed by atoms with E-state index in [4.69, 9.17) is 33.3 Å². The highest BCUT2D eigenvalue weighted by molar-refractivity contribution is 7.81. The number of rotatable bonds is 6. The first-order chi connectivity index (χ1) is 13.0. The van der Waals surface area contributed by atoms with Crippen LogP contribution in [0.15, 0.2) is 36.4 Å². The molecule has 0 radical (unpaired) electrons. The molecule has 0 bridgehead atoms. The SMILES string of the molecule is Cc1cc(OCC[C@H]2CCCCO2)cc(C)c1C(=S)Nc1ccccc1Cl. The minimum atomic E-state index is 0.340. The minimum Gasteiger partial charge on any atom is -0.493 e. The van der Waals surface area contributed by atoms with Gasteiger partial charge in [0.1, 0.15) is 10.7 Å². The fourth-order valence-corrected chi connectivity index (χ4v) is 4.07. The predicted octanol–water partition coefficient (Wildman–Crippen LogP) is 6.08. The van der Waals surface area contributed by atoms with Gasteiger partial charge in [-0.25, -0.2) is 0 Å². The Morgan fingerprint density at radius 1 is 1.22 bits per heavy atom. The van der Waals surface area contributed by atoms with Crippen LogP contribution in [0.25, 0.3) is 0 Å². The van der Waals surface area contributed by atoms with Gasteiger partial charge in [0.2, 0.25) is 0 Å². The minimum absolute atomic E-state index is 0.340. The van der Waals surface area contributed by atoms with Gasteiger partial charge in [-0.15, -0.1) is 0 Å². The van der Waals surface area contributed by atoms with Crippen LogP contribution in [-0.2, 0) is 4.74 Å². The highest BCUT2D eigenvalue weighted by Crippen LogP contribution is 2.26. The molecule has 0 unspecified atom stereocenters. The molecule has 3 nitrogen and oxygen atoms in total. The number of ether oxygens (including phenoxy) is 2. The van der Waals surface area contributed by atoms with E-state index >= 15 is 0 Å². The topological polar surface area (TPSA) is 30.5 Å². The molecule has 27 heavy (non-hydrogen) atoms.